The first kappa shape index (κ1) is 16.6. The van der Waals surface area contributed by atoms with Crippen LogP contribution in [0.4, 0.5) is 0 Å². The molecule has 4 nitrogen and oxygen atoms in total. The SMILES string of the molecule is CC(C)CC(=O)N(C)Cc1nccn1Cc1cccc(Cl)c1. The van der Waals surface area contributed by atoms with E-state index < -0.39 is 0 Å². The van der Waals surface area contributed by atoms with Crippen LogP contribution in [0.5, 0.6) is 0 Å². The van der Waals surface area contributed by atoms with Gasteiger partial charge in [-0.05, 0) is 23.6 Å². The molecular formula is C17H22ClN3O. The van der Waals surface area contributed by atoms with Crippen molar-refractivity contribution >= 4 is 17.5 Å². The van der Waals surface area contributed by atoms with E-state index in [0.29, 0.717) is 25.4 Å². The Kier molecular flexibility index (Phi) is 5.61. The molecule has 0 atom stereocenters. The normalized spacial score (nSPS) is 11.0. The van der Waals surface area contributed by atoms with Gasteiger partial charge in [0.2, 0.25) is 5.91 Å². The Labute approximate surface area is 136 Å². The number of nitrogens with zero attached hydrogens (tertiary/aromatic N) is 3. The molecule has 1 heterocycles. The zero-order valence-corrected chi connectivity index (χ0v) is 14.0. The van der Waals surface area contributed by atoms with E-state index in [1.165, 1.54) is 0 Å². The van der Waals surface area contributed by atoms with E-state index in [9.17, 15) is 4.79 Å². The summed E-state index contributed by atoms with van der Waals surface area (Å²) >= 11 is 6.02. The Morgan fingerprint density at radius 3 is 2.86 bits per heavy atom. The Bertz CT molecular complexity index is 636. The van der Waals surface area contributed by atoms with E-state index in [4.69, 9.17) is 11.6 Å². The summed E-state index contributed by atoms with van der Waals surface area (Å²) in [5.74, 6) is 1.38. The summed E-state index contributed by atoms with van der Waals surface area (Å²) in [6, 6.07) is 7.77. The van der Waals surface area contributed by atoms with Crippen LogP contribution < -0.4 is 0 Å². The molecule has 2 aromatic rings. The fourth-order valence-corrected chi connectivity index (χ4v) is 2.49. The highest BCUT2D eigenvalue weighted by molar-refractivity contribution is 6.30. The Balaban J connectivity index is 2.05. The zero-order chi connectivity index (χ0) is 16.1. The average molecular weight is 320 g/mol. The number of halogens is 1. The summed E-state index contributed by atoms with van der Waals surface area (Å²) in [7, 11) is 1.82. The van der Waals surface area contributed by atoms with Crippen LogP contribution in [0.2, 0.25) is 5.02 Å². The molecule has 22 heavy (non-hydrogen) atoms. The first-order valence-corrected chi connectivity index (χ1v) is 7.82. The number of aromatic nitrogens is 2. The van der Waals surface area contributed by atoms with Gasteiger partial charge in [-0.3, -0.25) is 4.79 Å². The molecule has 0 aliphatic carbocycles. The molecule has 1 aromatic carbocycles. The van der Waals surface area contributed by atoms with Gasteiger partial charge in [0.1, 0.15) is 5.82 Å². The van der Waals surface area contributed by atoms with Gasteiger partial charge < -0.3 is 9.47 Å². The molecule has 0 bridgehead atoms. The van der Waals surface area contributed by atoms with Crippen LogP contribution in [0.1, 0.15) is 31.7 Å². The monoisotopic (exact) mass is 319 g/mol. The lowest BCUT2D eigenvalue weighted by Gasteiger charge is -2.19. The van der Waals surface area contributed by atoms with Gasteiger partial charge in [-0.1, -0.05) is 37.6 Å². The number of imidazole rings is 1. The maximum Gasteiger partial charge on any atom is 0.222 e. The lowest BCUT2D eigenvalue weighted by Crippen LogP contribution is -2.28. The van der Waals surface area contributed by atoms with Crippen LogP contribution in [0, 0.1) is 5.92 Å². The van der Waals surface area contributed by atoms with Crippen LogP contribution in [-0.4, -0.2) is 27.4 Å². The number of benzene rings is 1. The first-order chi connectivity index (χ1) is 10.5. The van der Waals surface area contributed by atoms with Crippen molar-refractivity contribution in [3.63, 3.8) is 0 Å². The van der Waals surface area contributed by atoms with E-state index in [2.05, 4.69) is 4.98 Å². The van der Waals surface area contributed by atoms with Crippen molar-refractivity contribution in [2.45, 2.75) is 33.4 Å². The average Bonchev–Trinajstić information content (AvgIpc) is 2.85. The Morgan fingerprint density at radius 1 is 1.41 bits per heavy atom. The summed E-state index contributed by atoms with van der Waals surface area (Å²) in [4.78, 5) is 18.2. The van der Waals surface area contributed by atoms with Crippen LogP contribution in [0.15, 0.2) is 36.7 Å². The minimum atomic E-state index is 0.146. The van der Waals surface area contributed by atoms with Crippen molar-refractivity contribution in [2.24, 2.45) is 5.92 Å². The Hall–Kier alpha value is -1.81. The van der Waals surface area contributed by atoms with Gasteiger partial charge in [-0.25, -0.2) is 4.98 Å². The van der Waals surface area contributed by atoms with Crippen LogP contribution in [-0.2, 0) is 17.9 Å². The predicted molar refractivity (Wildman–Crippen MR) is 88.7 cm³/mol. The van der Waals surface area contributed by atoms with E-state index in [1.54, 1.807) is 11.1 Å². The highest BCUT2D eigenvalue weighted by Gasteiger charge is 2.13. The number of carbonyl (C=O) groups excluding carboxylic acids is 1. The molecule has 0 aliphatic rings. The van der Waals surface area contributed by atoms with Gasteiger partial charge in [0, 0.05) is 37.4 Å². The Morgan fingerprint density at radius 2 is 2.18 bits per heavy atom. The number of carbonyl (C=O) groups is 1. The summed E-state index contributed by atoms with van der Waals surface area (Å²) < 4.78 is 2.05. The molecule has 0 fully saturated rings. The second kappa shape index (κ2) is 7.45. The molecule has 0 spiro atoms. The van der Waals surface area contributed by atoms with Crippen LogP contribution >= 0.6 is 11.6 Å². The molecule has 118 valence electrons. The summed E-state index contributed by atoms with van der Waals surface area (Å²) in [5.41, 5.74) is 1.11. The second-order valence-electron chi connectivity index (χ2n) is 5.95. The van der Waals surface area contributed by atoms with Crippen molar-refractivity contribution < 1.29 is 4.79 Å². The maximum absolute atomic E-state index is 12.1. The largest absolute Gasteiger partial charge is 0.338 e. The molecule has 0 saturated heterocycles. The molecule has 2 rings (SSSR count). The van der Waals surface area contributed by atoms with E-state index in [1.807, 2.05) is 55.9 Å². The van der Waals surface area contributed by atoms with E-state index in [0.717, 1.165) is 16.4 Å². The molecule has 0 unspecified atom stereocenters. The predicted octanol–water partition coefficient (Wildman–Crippen LogP) is 3.59. The van der Waals surface area contributed by atoms with Crippen LogP contribution in [0.3, 0.4) is 0 Å². The molecule has 1 aromatic heterocycles. The van der Waals surface area contributed by atoms with Crippen molar-refractivity contribution in [3.05, 3.63) is 53.1 Å². The van der Waals surface area contributed by atoms with Gasteiger partial charge >= 0.3 is 0 Å². The second-order valence-corrected chi connectivity index (χ2v) is 6.39. The van der Waals surface area contributed by atoms with Gasteiger partial charge in [-0.15, -0.1) is 0 Å². The number of rotatable bonds is 6. The quantitative estimate of drug-likeness (QED) is 0.816. The number of hydrogen-bond donors (Lipinski definition) is 0. The lowest BCUT2D eigenvalue weighted by atomic mass is 10.1. The van der Waals surface area contributed by atoms with E-state index in [-0.39, 0.29) is 5.91 Å². The fraction of sp³-hybridized carbons (Fsp3) is 0.412. The smallest absolute Gasteiger partial charge is 0.222 e. The standard InChI is InChI=1S/C17H22ClN3O/c1-13(2)9-17(22)20(3)12-16-19-7-8-21(16)11-14-5-4-6-15(18)10-14/h4-8,10,13H,9,11-12H2,1-3H3. The van der Waals surface area contributed by atoms with Crippen molar-refractivity contribution in [3.8, 4) is 0 Å². The van der Waals surface area contributed by atoms with Crippen molar-refractivity contribution in [2.75, 3.05) is 7.05 Å². The molecule has 5 heteroatoms. The summed E-state index contributed by atoms with van der Waals surface area (Å²) in [5, 5.41) is 0.725. The van der Waals surface area contributed by atoms with Gasteiger partial charge in [0.05, 0.1) is 6.54 Å². The van der Waals surface area contributed by atoms with E-state index >= 15 is 0 Å². The lowest BCUT2D eigenvalue weighted by molar-refractivity contribution is -0.131. The molecule has 0 N–H and O–H groups in total. The molecule has 0 aliphatic heterocycles. The summed E-state index contributed by atoms with van der Waals surface area (Å²) in [6.07, 6.45) is 4.25. The molecular weight excluding hydrogens is 298 g/mol. The highest BCUT2D eigenvalue weighted by atomic mass is 35.5. The zero-order valence-electron chi connectivity index (χ0n) is 13.3. The minimum Gasteiger partial charge on any atom is -0.338 e. The third-order valence-corrected chi connectivity index (χ3v) is 3.67. The van der Waals surface area contributed by atoms with Crippen LogP contribution in [0.25, 0.3) is 0 Å². The van der Waals surface area contributed by atoms with Gasteiger partial charge in [-0.2, -0.15) is 0 Å². The fourth-order valence-electron chi connectivity index (χ4n) is 2.27. The maximum atomic E-state index is 12.1. The summed E-state index contributed by atoms with van der Waals surface area (Å²) in [6.45, 7) is 5.30. The third kappa shape index (κ3) is 4.60. The topological polar surface area (TPSA) is 38.1 Å². The van der Waals surface area contributed by atoms with Gasteiger partial charge in [0.15, 0.2) is 0 Å². The molecule has 0 radical (unpaired) electrons. The number of hydrogen-bond acceptors (Lipinski definition) is 2. The molecule has 0 saturated carbocycles. The minimum absolute atomic E-state index is 0.146. The number of amides is 1. The molecule has 1 amide bonds. The third-order valence-electron chi connectivity index (χ3n) is 3.43. The van der Waals surface area contributed by atoms with Crippen molar-refractivity contribution in [1.29, 1.82) is 0 Å². The highest BCUT2D eigenvalue weighted by Crippen LogP contribution is 2.13. The first-order valence-electron chi connectivity index (χ1n) is 7.44. The van der Waals surface area contributed by atoms with Crippen molar-refractivity contribution in [1.82, 2.24) is 14.5 Å². The van der Waals surface area contributed by atoms with Gasteiger partial charge in [0.25, 0.3) is 0 Å².